The first-order valence-corrected chi connectivity index (χ1v) is 23.4. The number of rotatable bonds is 42. The topological polar surface area (TPSA) is 78.9 Å². The van der Waals surface area contributed by atoms with Crippen molar-refractivity contribution in [2.24, 2.45) is 5.92 Å². The van der Waals surface area contributed by atoms with Crippen LogP contribution in [0.1, 0.15) is 259 Å². The highest BCUT2D eigenvalue weighted by Gasteiger charge is 2.19. The van der Waals surface area contributed by atoms with E-state index in [1.54, 1.807) is 0 Å². The summed E-state index contributed by atoms with van der Waals surface area (Å²) < 4.78 is 16.7. The maximum atomic E-state index is 12.7. The molecule has 0 amide bonds. The van der Waals surface area contributed by atoms with Crippen LogP contribution in [-0.4, -0.2) is 37.2 Å². The van der Waals surface area contributed by atoms with Crippen molar-refractivity contribution in [1.82, 2.24) is 0 Å². The largest absolute Gasteiger partial charge is 0.462 e. The number of hydrogen-bond acceptors (Lipinski definition) is 6. The molecule has 0 fully saturated rings. The van der Waals surface area contributed by atoms with Gasteiger partial charge in [-0.3, -0.25) is 14.4 Å². The van der Waals surface area contributed by atoms with E-state index in [2.05, 4.69) is 27.7 Å². The summed E-state index contributed by atoms with van der Waals surface area (Å²) >= 11 is 0. The highest BCUT2D eigenvalue weighted by atomic mass is 16.6. The Morgan fingerprint density at radius 3 is 0.925 bits per heavy atom. The minimum atomic E-state index is -0.759. The Morgan fingerprint density at radius 1 is 0.358 bits per heavy atom. The fourth-order valence-electron chi connectivity index (χ4n) is 6.98. The number of unbranched alkanes of at least 4 members (excludes halogenated alkanes) is 29. The van der Waals surface area contributed by atoms with E-state index in [4.69, 9.17) is 14.2 Å². The molecule has 0 heterocycles. The molecule has 0 aromatic rings. The van der Waals surface area contributed by atoms with Crippen molar-refractivity contribution < 1.29 is 28.6 Å². The molecule has 0 aromatic carbocycles. The van der Waals surface area contributed by atoms with Gasteiger partial charge in [-0.1, -0.05) is 220 Å². The van der Waals surface area contributed by atoms with Crippen LogP contribution >= 0.6 is 0 Å². The van der Waals surface area contributed by atoms with Crippen molar-refractivity contribution in [2.75, 3.05) is 13.2 Å². The van der Waals surface area contributed by atoms with Gasteiger partial charge in [0, 0.05) is 19.3 Å². The molecule has 0 unspecified atom stereocenters. The zero-order valence-electron chi connectivity index (χ0n) is 36.0. The lowest BCUT2D eigenvalue weighted by Gasteiger charge is -2.18. The number of carbonyl (C=O) groups excluding carboxylic acids is 3. The second kappa shape index (κ2) is 41.6. The summed E-state index contributed by atoms with van der Waals surface area (Å²) in [5.74, 6) is -0.0756. The average Bonchev–Trinajstić information content (AvgIpc) is 3.14. The van der Waals surface area contributed by atoms with Crippen LogP contribution in [0.25, 0.3) is 0 Å². The van der Waals surface area contributed by atoms with Crippen LogP contribution in [0.3, 0.4) is 0 Å². The van der Waals surface area contributed by atoms with Gasteiger partial charge in [-0.05, 0) is 25.2 Å². The van der Waals surface area contributed by atoms with Crippen LogP contribution in [0.4, 0.5) is 0 Å². The average molecular weight is 751 g/mol. The first-order chi connectivity index (χ1) is 25.9. The Labute approximate surface area is 329 Å². The van der Waals surface area contributed by atoms with E-state index in [0.717, 1.165) is 63.7 Å². The first kappa shape index (κ1) is 51.4. The summed E-state index contributed by atoms with van der Waals surface area (Å²) in [6.07, 6.45) is 41.0. The van der Waals surface area contributed by atoms with Gasteiger partial charge in [-0.15, -0.1) is 0 Å². The standard InChI is InChI=1S/C47H90O6/c1-5-7-9-11-13-15-16-17-18-19-20-21-23-27-32-36-40-47(50)53-44(41-51-45(48)38-34-30-26-22-14-12-10-8-6-2)42-52-46(49)39-35-31-28-24-25-29-33-37-43(3)4/h43-44H,5-42H2,1-4H3/t44-/m0/s1. The van der Waals surface area contributed by atoms with Gasteiger partial charge >= 0.3 is 17.9 Å². The maximum Gasteiger partial charge on any atom is 0.306 e. The second-order valence-electron chi connectivity index (χ2n) is 16.5. The predicted molar refractivity (Wildman–Crippen MR) is 224 cm³/mol. The minimum Gasteiger partial charge on any atom is -0.462 e. The molecule has 0 aliphatic carbocycles. The molecular weight excluding hydrogens is 661 g/mol. The lowest BCUT2D eigenvalue weighted by Crippen LogP contribution is -2.30. The Hall–Kier alpha value is -1.59. The second-order valence-corrected chi connectivity index (χ2v) is 16.5. The van der Waals surface area contributed by atoms with Gasteiger partial charge in [0.25, 0.3) is 0 Å². The fourth-order valence-corrected chi connectivity index (χ4v) is 6.98. The molecule has 0 rings (SSSR count). The van der Waals surface area contributed by atoms with Gasteiger partial charge in [0.1, 0.15) is 13.2 Å². The van der Waals surface area contributed by atoms with Crippen LogP contribution < -0.4 is 0 Å². The molecule has 314 valence electrons. The fraction of sp³-hybridized carbons (Fsp3) is 0.936. The zero-order chi connectivity index (χ0) is 38.9. The molecule has 0 radical (unpaired) electrons. The molecule has 1 atom stereocenters. The smallest absolute Gasteiger partial charge is 0.306 e. The van der Waals surface area contributed by atoms with Gasteiger partial charge in [-0.2, -0.15) is 0 Å². The van der Waals surface area contributed by atoms with Crippen LogP contribution in [0.2, 0.25) is 0 Å². The third-order valence-electron chi connectivity index (χ3n) is 10.5. The highest BCUT2D eigenvalue weighted by Crippen LogP contribution is 2.16. The van der Waals surface area contributed by atoms with E-state index in [-0.39, 0.29) is 31.1 Å². The number of esters is 3. The van der Waals surface area contributed by atoms with Crippen LogP contribution in [-0.2, 0) is 28.6 Å². The molecule has 6 heteroatoms. The van der Waals surface area contributed by atoms with Crippen molar-refractivity contribution in [3.8, 4) is 0 Å². The summed E-state index contributed by atoms with van der Waals surface area (Å²) in [4.78, 5) is 37.7. The maximum absolute atomic E-state index is 12.7. The molecule has 6 nitrogen and oxygen atoms in total. The lowest BCUT2D eigenvalue weighted by atomic mass is 10.0. The molecule has 0 N–H and O–H groups in total. The van der Waals surface area contributed by atoms with Crippen LogP contribution in [0, 0.1) is 5.92 Å². The van der Waals surface area contributed by atoms with Crippen molar-refractivity contribution >= 4 is 17.9 Å². The minimum absolute atomic E-state index is 0.0644. The molecule has 0 bridgehead atoms. The number of hydrogen-bond donors (Lipinski definition) is 0. The predicted octanol–water partition coefficient (Wildman–Crippen LogP) is 14.7. The van der Waals surface area contributed by atoms with Gasteiger partial charge in [0.15, 0.2) is 6.10 Å². The third kappa shape index (κ3) is 41.4. The van der Waals surface area contributed by atoms with E-state index in [9.17, 15) is 14.4 Å². The Morgan fingerprint density at radius 2 is 0.623 bits per heavy atom. The van der Waals surface area contributed by atoms with Crippen molar-refractivity contribution in [1.29, 1.82) is 0 Å². The SMILES string of the molecule is CCCCCCCCCCCCCCCCCCC(=O)O[C@@H](COC(=O)CCCCCCCCCCC)COC(=O)CCCCCCCCCC(C)C. The van der Waals surface area contributed by atoms with E-state index in [1.807, 2.05) is 0 Å². The van der Waals surface area contributed by atoms with Crippen molar-refractivity contribution in [3.63, 3.8) is 0 Å². The van der Waals surface area contributed by atoms with Crippen molar-refractivity contribution in [3.05, 3.63) is 0 Å². The van der Waals surface area contributed by atoms with E-state index < -0.39 is 6.10 Å². The molecule has 0 aromatic heterocycles. The monoisotopic (exact) mass is 751 g/mol. The molecule has 0 saturated heterocycles. The van der Waals surface area contributed by atoms with E-state index in [0.29, 0.717) is 19.3 Å². The van der Waals surface area contributed by atoms with Crippen LogP contribution in [0.15, 0.2) is 0 Å². The zero-order valence-corrected chi connectivity index (χ0v) is 36.0. The Kier molecular flexibility index (Phi) is 40.3. The number of ether oxygens (including phenoxy) is 3. The van der Waals surface area contributed by atoms with Gasteiger partial charge in [-0.25, -0.2) is 0 Å². The van der Waals surface area contributed by atoms with E-state index >= 15 is 0 Å². The van der Waals surface area contributed by atoms with Gasteiger partial charge < -0.3 is 14.2 Å². The summed E-state index contributed by atoms with van der Waals surface area (Å²) in [6, 6.07) is 0. The first-order valence-electron chi connectivity index (χ1n) is 23.4. The normalized spacial score (nSPS) is 11.9. The van der Waals surface area contributed by atoms with Crippen molar-refractivity contribution in [2.45, 2.75) is 265 Å². The summed E-state index contributed by atoms with van der Waals surface area (Å²) in [5, 5.41) is 0. The lowest BCUT2D eigenvalue weighted by molar-refractivity contribution is -0.167. The Bertz CT molecular complexity index is 796. The molecular formula is C47H90O6. The number of carbonyl (C=O) groups is 3. The highest BCUT2D eigenvalue weighted by molar-refractivity contribution is 5.71. The van der Waals surface area contributed by atoms with E-state index in [1.165, 1.54) is 154 Å². The van der Waals surface area contributed by atoms with Gasteiger partial charge in [0.2, 0.25) is 0 Å². The Balaban J connectivity index is 4.28. The summed E-state index contributed by atoms with van der Waals surface area (Å²) in [7, 11) is 0. The molecule has 0 aliphatic rings. The van der Waals surface area contributed by atoms with Gasteiger partial charge in [0.05, 0.1) is 0 Å². The summed E-state index contributed by atoms with van der Waals surface area (Å²) in [5.41, 5.74) is 0. The summed E-state index contributed by atoms with van der Waals surface area (Å²) in [6.45, 7) is 8.94. The molecule has 53 heavy (non-hydrogen) atoms. The molecule has 0 saturated carbocycles. The van der Waals surface area contributed by atoms with Crippen LogP contribution in [0.5, 0.6) is 0 Å². The molecule has 0 aliphatic heterocycles. The molecule has 0 spiro atoms. The quantitative estimate of drug-likeness (QED) is 0.0351. The third-order valence-corrected chi connectivity index (χ3v) is 10.5.